The SMILES string of the molecule is CCC1=CC(F)=CC=C(CC(C)C(C)C)C1. The Hall–Kier alpha value is -0.850. The molecule has 0 amide bonds. The maximum atomic E-state index is 13.3. The maximum absolute atomic E-state index is 13.3. The van der Waals surface area contributed by atoms with E-state index in [2.05, 4.69) is 27.7 Å². The summed E-state index contributed by atoms with van der Waals surface area (Å²) in [6.07, 6.45) is 8.22. The van der Waals surface area contributed by atoms with Crippen LogP contribution in [0.4, 0.5) is 4.39 Å². The standard InChI is InChI=1S/C15H23F/c1-5-13-9-14(6-7-15(16)10-13)8-12(4)11(2)3/h6-7,10-12H,5,8-9H2,1-4H3. The second-order valence-electron chi connectivity index (χ2n) is 5.13. The summed E-state index contributed by atoms with van der Waals surface area (Å²) in [6, 6.07) is 0. The molecule has 1 heteroatoms. The number of hydrogen-bond acceptors (Lipinski definition) is 0. The Morgan fingerprint density at radius 2 is 1.88 bits per heavy atom. The molecule has 0 spiro atoms. The van der Waals surface area contributed by atoms with Gasteiger partial charge >= 0.3 is 0 Å². The molecular weight excluding hydrogens is 199 g/mol. The highest BCUT2D eigenvalue weighted by Crippen LogP contribution is 2.27. The average molecular weight is 222 g/mol. The van der Waals surface area contributed by atoms with Crippen molar-refractivity contribution in [2.75, 3.05) is 0 Å². The van der Waals surface area contributed by atoms with Crippen LogP contribution in [-0.2, 0) is 0 Å². The summed E-state index contributed by atoms with van der Waals surface area (Å²) in [5, 5.41) is 0. The fourth-order valence-corrected chi connectivity index (χ4v) is 1.86. The fraction of sp³-hybridized carbons (Fsp3) is 0.600. The molecule has 1 aliphatic rings. The first-order valence-electron chi connectivity index (χ1n) is 6.27. The topological polar surface area (TPSA) is 0 Å². The largest absolute Gasteiger partial charge is 0.207 e. The fourth-order valence-electron chi connectivity index (χ4n) is 1.86. The minimum atomic E-state index is -0.107. The molecule has 1 aliphatic carbocycles. The van der Waals surface area contributed by atoms with Crippen LogP contribution in [-0.4, -0.2) is 0 Å². The number of rotatable bonds is 4. The summed E-state index contributed by atoms with van der Waals surface area (Å²) in [5.41, 5.74) is 2.57. The van der Waals surface area contributed by atoms with Gasteiger partial charge in [-0.2, -0.15) is 0 Å². The highest BCUT2D eigenvalue weighted by molar-refractivity contribution is 5.32. The zero-order valence-corrected chi connectivity index (χ0v) is 10.9. The van der Waals surface area contributed by atoms with Crippen molar-refractivity contribution in [1.29, 1.82) is 0 Å². The molecule has 0 nitrogen and oxygen atoms in total. The third kappa shape index (κ3) is 3.96. The third-order valence-electron chi connectivity index (χ3n) is 3.45. The van der Waals surface area contributed by atoms with Crippen molar-refractivity contribution in [3.8, 4) is 0 Å². The Morgan fingerprint density at radius 3 is 2.44 bits per heavy atom. The first kappa shape index (κ1) is 13.2. The van der Waals surface area contributed by atoms with Crippen LogP contribution in [0, 0.1) is 11.8 Å². The smallest absolute Gasteiger partial charge is 0.123 e. The predicted octanol–water partition coefficient (Wildman–Crippen LogP) is 5.19. The van der Waals surface area contributed by atoms with Crippen molar-refractivity contribution < 1.29 is 4.39 Å². The van der Waals surface area contributed by atoms with Crippen molar-refractivity contribution in [2.24, 2.45) is 11.8 Å². The molecule has 0 aromatic rings. The summed E-state index contributed by atoms with van der Waals surface area (Å²) in [7, 11) is 0. The minimum Gasteiger partial charge on any atom is -0.207 e. The lowest BCUT2D eigenvalue weighted by Crippen LogP contribution is -2.05. The van der Waals surface area contributed by atoms with Crippen LogP contribution in [0.25, 0.3) is 0 Å². The van der Waals surface area contributed by atoms with Crippen LogP contribution in [0.1, 0.15) is 47.0 Å². The molecule has 1 rings (SSSR count). The lowest BCUT2D eigenvalue weighted by atomic mass is 9.88. The molecule has 0 aliphatic heterocycles. The predicted molar refractivity (Wildman–Crippen MR) is 68.9 cm³/mol. The highest BCUT2D eigenvalue weighted by Gasteiger charge is 2.12. The van der Waals surface area contributed by atoms with Gasteiger partial charge in [0, 0.05) is 0 Å². The van der Waals surface area contributed by atoms with Gasteiger partial charge in [0.25, 0.3) is 0 Å². The van der Waals surface area contributed by atoms with Gasteiger partial charge in [0.05, 0.1) is 0 Å². The van der Waals surface area contributed by atoms with E-state index in [1.54, 1.807) is 12.2 Å². The molecule has 16 heavy (non-hydrogen) atoms. The zero-order valence-electron chi connectivity index (χ0n) is 10.9. The van der Waals surface area contributed by atoms with Crippen molar-refractivity contribution in [3.05, 3.63) is 35.2 Å². The van der Waals surface area contributed by atoms with Crippen LogP contribution >= 0.6 is 0 Å². The first-order chi connectivity index (χ1) is 7.52. The molecule has 0 heterocycles. The second-order valence-corrected chi connectivity index (χ2v) is 5.13. The monoisotopic (exact) mass is 222 g/mol. The molecule has 0 bridgehead atoms. The van der Waals surface area contributed by atoms with E-state index in [0.717, 1.165) is 19.3 Å². The van der Waals surface area contributed by atoms with Crippen LogP contribution in [0.5, 0.6) is 0 Å². The van der Waals surface area contributed by atoms with Gasteiger partial charge in [-0.3, -0.25) is 0 Å². The van der Waals surface area contributed by atoms with Crippen molar-refractivity contribution in [3.63, 3.8) is 0 Å². The van der Waals surface area contributed by atoms with Gasteiger partial charge in [-0.25, -0.2) is 4.39 Å². The molecule has 0 aromatic carbocycles. The average Bonchev–Trinajstić information content (AvgIpc) is 2.40. The molecule has 0 fully saturated rings. The summed E-state index contributed by atoms with van der Waals surface area (Å²) in [5.74, 6) is 1.25. The van der Waals surface area contributed by atoms with Crippen molar-refractivity contribution >= 4 is 0 Å². The van der Waals surface area contributed by atoms with Crippen molar-refractivity contribution in [1.82, 2.24) is 0 Å². The van der Waals surface area contributed by atoms with Gasteiger partial charge < -0.3 is 0 Å². The van der Waals surface area contributed by atoms with Gasteiger partial charge in [0.2, 0.25) is 0 Å². The molecule has 0 saturated heterocycles. The van der Waals surface area contributed by atoms with E-state index in [-0.39, 0.29) is 5.83 Å². The zero-order chi connectivity index (χ0) is 12.1. The van der Waals surface area contributed by atoms with E-state index in [9.17, 15) is 4.39 Å². The van der Waals surface area contributed by atoms with E-state index >= 15 is 0 Å². The van der Waals surface area contributed by atoms with Crippen LogP contribution in [0.15, 0.2) is 35.2 Å². The van der Waals surface area contributed by atoms with Crippen LogP contribution in [0.3, 0.4) is 0 Å². The van der Waals surface area contributed by atoms with Gasteiger partial charge in [-0.1, -0.05) is 44.9 Å². The molecule has 0 N–H and O–H groups in total. The molecule has 0 radical (unpaired) electrons. The Kier molecular flexibility index (Phi) is 4.98. The Bertz CT molecular complexity index is 318. The van der Waals surface area contributed by atoms with Crippen LogP contribution in [0.2, 0.25) is 0 Å². The summed E-state index contributed by atoms with van der Waals surface area (Å²) >= 11 is 0. The Labute approximate surface area is 98.9 Å². The lowest BCUT2D eigenvalue weighted by molar-refractivity contribution is 0.413. The minimum absolute atomic E-state index is 0.107. The number of allylic oxidation sites excluding steroid dienone is 6. The van der Waals surface area contributed by atoms with E-state index in [0.29, 0.717) is 11.8 Å². The van der Waals surface area contributed by atoms with Gasteiger partial charge in [0.15, 0.2) is 0 Å². The number of halogens is 1. The lowest BCUT2D eigenvalue weighted by Gasteiger charge is -2.17. The molecule has 0 aromatic heterocycles. The van der Waals surface area contributed by atoms with Gasteiger partial charge in [-0.05, 0) is 43.3 Å². The van der Waals surface area contributed by atoms with Gasteiger partial charge in [0.1, 0.15) is 5.83 Å². The van der Waals surface area contributed by atoms with Crippen molar-refractivity contribution in [2.45, 2.75) is 47.0 Å². The molecular formula is C15H23F. The third-order valence-corrected chi connectivity index (χ3v) is 3.45. The highest BCUT2D eigenvalue weighted by atomic mass is 19.1. The normalized spacial score (nSPS) is 18.8. The quantitative estimate of drug-likeness (QED) is 0.614. The molecule has 90 valence electrons. The first-order valence-corrected chi connectivity index (χ1v) is 6.27. The Morgan fingerprint density at radius 1 is 1.19 bits per heavy atom. The van der Waals surface area contributed by atoms with Gasteiger partial charge in [-0.15, -0.1) is 0 Å². The van der Waals surface area contributed by atoms with Crippen LogP contribution < -0.4 is 0 Å². The Balaban J connectivity index is 2.72. The van der Waals surface area contributed by atoms with E-state index in [1.165, 1.54) is 11.1 Å². The molecule has 1 unspecified atom stereocenters. The van der Waals surface area contributed by atoms with E-state index in [1.807, 2.05) is 6.08 Å². The summed E-state index contributed by atoms with van der Waals surface area (Å²) < 4.78 is 13.3. The summed E-state index contributed by atoms with van der Waals surface area (Å²) in [6.45, 7) is 8.85. The second kappa shape index (κ2) is 6.03. The number of hydrogen-bond donors (Lipinski definition) is 0. The molecule has 0 saturated carbocycles. The molecule has 1 atom stereocenters. The maximum Gasteiger partial charge on any atom is 0.123 e. The summed E-state index contributed by atoms with van der Waals surface area (Å²) in [4.78, 5) is 0. The van der Waals surface area contributed by atoms with E-state index in [4.69, 9.17) is 0 Å². The van der Waals surface area contributed by atoms with E-state index < -0.39 is 0 Å².